The number of halogens is 1. The molecular weight excluding hydrogens is 348 g/mol. The van der Waals surface area contributed by atoms with Crippen LogP contribution < -0.4 is 0 Å². The first-order valence-electron chi connectivity index (χ1n) is 6.89. The van der Waals surface area contributed by atoms with Crippen molar-refractivity contribution in [3.05, 3.63) is 40.6 Å². The summed E-state index contributed by atoms with van der Waals surface area (Å²) in [4.78, 5) is 4.61. The Morgan fingerprint density at radius 2 is 1.86 bits per heavy atom. The second-order valence-corrected chi connectivity index (χ2v) is 11.5. The fourth-order valence-corrected chi connectivity index (χ4v) is 2.83. The normalized spacial score (nSPS) is 12.6. The van der Waals surface area contributed by atoms with Gasteiger partial charge < -0.3 is 9.30 Å². The number of ether oxygens (including phenoxy) is 1. The first-order valence-corrected chi connectivity index (χ1v) is 10.7. The topological polar surface area (TPSA) is 27.1 Å². The number of benzene rings is 1. The minimum absolute atomic E-state index is 0.495. The van der Waals surface area contributed by atoms with Gasteiger partial charge in [0.15, 0.2) is 0 Å². The number of nitrogens with zero attached hydrogens (tertiary/aromatic N) is 2. The molecule has 0 fully saturated rings. The van der Waals surface area contributed by atoms with Crippen LogP contribution in [0.1, 0.15) is 5.69 Å². The summed E-state index contributed by atoms with van der Waals surface area (Å²) < 4.78 is 8.98. The monoisotopic (exact) mass is 370 g/mol. The van der Waals surface area contributed by atoms with Crippen LogP contribution in [0.4, 0.5) is 0 Å². The van der Waals surface area contributed by atoms with Gasteiger partial charge in [-0.25, -0.2) is 15.0 Å². The van der Waals surface area contributed by atoms with E-state index in [0.29, 0.717) is 6.73 Å². The van der Waals surface area contributed by atoms with E-state index < -0.39 is 10.0 Å². The molecule has 0 saturated carbocycles. The van der Waals surface area contributed by atoms with Crippen LogP contribution >= 0.6 is 26.0 Å². The molecule has 0 saturated heterocycles. The van der Waals surface area contributed by atoms with Crippen LogP contribution in [0.15, 0.2) is 34.9 Å². The molecule has 0 radical (unpaired) electrons. The molecule has 0 aliphatic heterocycles. The molecule has 0 unspecified atom stereocenters. The average Bonchev–Trinajstić information content (AvgIpc) is 2.76. The second kappa shape index (κ2) is 6.99. The Kier molecular flexibility index (Phi) is 5.52. The Morgan fingerprint density at radius 3 is 2.48 bits per heavy atom. The highest BCUT2D eigenvalue weighted by Crippen LogP contribution is 2.33. The number of aryl methyl sites for hydroxylation is 1. The molecule has 0 spiro atoms. The molecule has 0 bridgehead atoms. The van der Waals surface area contributed by atoms with E-state index in [9.17, 15) is 0 Å². The lowest BCUT2D eigenvalue weighted by Gasteiger charge is -2.24. The average molecular weight is 371 g/mol. The van der Waals surface area contributed by atoms with Crippen LogP contribution in [0.3, 0.4) is 0 Å². The molecule has 2 rings (SSSR count). The molecule has 1 heterocycles. The number of aromatic nitrogens is 2. The quantitative estimate of drug-likeness (QED) is 0.709. The highest BCUT2D eigenvalue weighted by molar-refractivity contribution is 9.10. The van der Waals surface area contributed by atoms with Gasteiger partial charge >= 0.3 is 0 Å². The van der Waals surface area contributed by atoms with Crippen LogP contribution in [0, 0.1) is 6.92 Å². The molecule has 1 aromatic carbocycles. The van der Waals surface area contributed by atoms with Gasteiger partial charge in [-0.2, -0.15) is 0 Å². The molecule has 116 valence electrons. The van der Waals surface area contributed by atoms with Gasteiger partial charge in [0.1, 0.15) is 12.6 Å². The highest BCUT2D eigenvalue weighted by atomic mass is 79.9. The van der Waals surface area contributed by atoms with Crippen molar-refractivity contribution in [3.8, 4) is 11.4 Å². The number of rotatable bonds is 6. The fraction of sp³-hybridized carbons (Fsp3) is 0.438. The minimum atomic E-state index is -0.495. The van der Waals surface area contributed by atoms with E-state index in [0.717, 1.165) is 33.9 Å². The van der Waals surface area contributed by atoms with Crippen molar-refractivity contribution in [1.29, 1.82) is 0 Å². The van der Waals surface area contributed by atoms with E-state index in [4.69, 9.17) is 4.74 Å². The van der Waals surface area contributed by atoms with Gasteiger partial charge in [-0.1, -0.05) is 28.1 Å². The zero-order chi connectivity index (χ0) is 15.5. The zero-order valence-corrected chi connectivity index (χ0v) is 15.5. The molecule has 0 aliphatic rings. The molecule has 2 aromatic rings. The summed E-state index contributed by atoms with van der Waals surface area (Å²) in [6, 6.07) is 8.21. The Bertz CT molecular complexity index is 587. The summed E-state index contributed by atoms with van der Waals surface area (Å²) in [5.41, 5.74) is 2.12. The molecule has 1 aromatic heterocycles. The van der Waals surface area contributed by atoms with E-state index in [1.54, 1.807) is 0 Å². The van der Waals surface area contributed by atoms with Gasteiger partial charge in [0.25, 0.3) is 0 Å². The SMILES string of the molecule is Cc1cn(COCCS(C)(C)C)c(-c2ccc(Br)cc2)n1. The van der Waals surface area contributed by atoms with Crippen molar-refractivity contribution in [1.82, 2.24) is 9.55 Å². The third kappa shape index (κ3) is 5.16. The van der Waals surface area contributed by atoms with Crippen molar-refractivity contribution in [2.75, 3.05) is 31.1 Å². The van der Waals surface area contributed by atoms with Gasteiger partial charge in [-0.15, -0.1) is 0 Å². The highest BCUT2D eigenvalue weighted by Gasteiger charge is 2.09. The van der Waals surface area contributed by atoms with Crippen molar-refractivity contribution < 1.29 is 4.74 Å². The van der Waals surface area contributed by atoms with E-state index >= 15 is 0 Å². The maximum absolute atomic E-state index is 5.83. The number of hydrogen-bond acceptors (Lipinski definition) is 2. The third-order valence-corrected chi connectivity index (χ3v) is 4.99. The first-order chi connectivity index (χ1) is 9.85. The van der Waals surface area contributed by atoms with Crippen LogP contribution in [-0.4, -0.2) is 40.7 Å². The Balaban J connectivity index is 2.05. The molecule has 3 nitrogen and oxygen atoms in total. The summed E-state index contributed by atoms with van der Waals surface area (Å²) in [6.07, 6.45) is 8.97. The predicted octanol–water partition coefficient (Wildman–Crippen LogP) is 4.29. The van der Waals surface area contributed by atoms with Gasteiger partial charge in [0.2, 0.25) is 0 Å². The van der Waals surface area contributed by atoms with Gasteiger partial charge in [0, 0.05) is 22.0 Å². The molecule has 0 N–H and O–H groups in total. The van der Waals surface area contributed by atoms with Crippen molar-refractivity contribution in [2.45, 2.75) is 13.7 Å². The van der Waals surface area contributed by atoms with Crippen LogP contribution in [0.5, 0.6) is 0 Å². The summed E-state index contributed by atoms with van der Waals surface area (Å²) >= 11 is 3.46. The molecule has 0 amide bonds. The van der Waals surface area contributed by atoms with Gasteiger partial charge in [-0.3, -0.25) is 0 Å². The molecular formula is C16H23BrN2OS. The maximum Gasteiger partial charge on any atom is 0.142 e. The largest absolute Gasteiger partial charge is 0.360 e. The Labute approximate surface area is 137 Å². The van der Waals surface area contributed by atoms with Gasteiger partial charge in [-0.05, 0) is 37.8 Å². The Hall–Kier alpha value is -0.780. The molecule has 21 heavy (non-hydrogen) atoms. The lowest BCUT2D eigenvalue weighted by Crippen LogP contribution is -2.10. The fourth-order valence-electron chi connectivity index (χ4n) is 1.95. The van der Waals surface area contributed by atoms with E-state index in [1.165, 1.54) is 0 Å². The van der Waals surface area contributed by atoms with Crippen LogP contribution in [0.25, 0.3) is 11.4 Å². The first kappa shape index (κ1) is 16.6. The van der Waals surface area contributed by atoms with Crippen LogP contribution in [0.2, 0.25) is 0 Å². The Morgan fingerprint density at radius 1 is 1.19 bits per heavy atom. The van der Waals surface area contributed by atoms with E-state index in [2.05, 4.69) is 56.4 Å². The molecule has 0 atom stereocenters. The third-order valence-electron chi connectivity index (χ3n) is 3.07. The van der Waals surface area contributed by atoms with E-state index in [-0.39, 0.29) is 0 Å². The molecule has 0 aliphatic carbocycles. The minimum Gasteiger partial charge on any atom is -0.360 e. The standard InChI is InChI=1S/C16H23BrN2OS/c1-13-11-19(12-20-9-10-21(2,3)4)16(18-13)14-5-7-15(17)8-6-14/h5-8,11H,9-10,12H2,1-4H3. The summed E-state index contributed by atoms with van der Waals surface area (Å²) in [6.45, 7) is 3.37. The van der Waals surface area contributed by atoms with Crippen molar-refractivity contribution in [2.24, 2.45) is 0 Å². The lowest BCUT2D eigenvalue weighted by atomic mass is 10.2. The van der Waals surface area contributed by atoms with Gasteiger partial charge in [0.05, 0.1) is 12.3 Å². The summed E-state index contributed by atoms with van der Waals surface area (Å²) in [5.74, 6) is 2.09. The molecule has 5 heteroatoms. The second-order valence-electron chi connectivity index (χ2n) is 6.01. The smallest absolute Gasteiger partial charge is 0.142 e. The lowest BCUT2D eigenvalue weighted by molar-refractivity contribution is 0.0907. The number of hydrogen-bond donors (Lipinski definition) is 0. The van der Waals surface area contributed by atoms with Crippen molar-refractivity contribution in [3.63, 3.8) is 0 Å². The predicted molar refractivity (Wildman–Crippen MR) is 96.3 cm³/mol. The van der Waals surface area contributed by atoms with Crippen LogP contribution in [-0.2, 0) is 11.5 Å². The van der Waals surface area contributed by atoms with E-state index in [1.807, 2.05) is 25.3 Å². The maximum atomic E-state index is 5.83. The number of imidazole rings is 1. The summed E-state index contributed by atoms with van der Waals surface area (Å²) in [7, 11) is -0.495. The zero-order valence-electron chi connectivity index (χ0n) is 13.1. The summed E-state index contributed by atoms with van der Waals surface area (Å²) in [5, 5.41) is 0. The van der Waals surface area contributed by atoms with Crippen molar-refractivity contribution >= 4 is 26.0 Å².